The number of nitrogens with zero attached hydrogens (tertiary/aromatic N) is 1. The molecular weight excluding hydrogens is 264 g/mol. The van der Waals surface area contributed by atoms with Crippen molar-refractivity contribution in [1.82, 2.24) is 0 Å². The van der Waals surface area contributed by atoms with Crippen LogP contribution < -0.4 is 0 Å². The molecule has 1 nitrogen and oxygen atoms in total. The van der Waals surface area contributed by atoms with E-state index in [9.17, 15) is 8.78 Å². The SMILES string of the molecule is N#CC1(c2c(F)cc(Br)cc2F)CCC1. The van der Waals surface area contributed by atoms with E-state index in [-0.39, 0.29) is 5.56 Å². The van der Waals surface area contributed by atoms with Crippen LogP contribution in [0.25, 0.3) is 0 Å². The Bertz CT molecular complexity index is 423. The van der Waals surface area contributed by atoms with Crippen LogP contribution in [-0.2, 0) is 5.41 Å². The van der Waals surface area contributed by atoms with Crippen LogP contribution in [0.2, 0.25) is 0 Å². The van der Waals surface area contributed by atoms with Gasteiger partial charge in [-0.05, 0) is 31.4 Å². The lowest BCUT2D eigenvalue weighted by atomic mass is 9.65. The maximum Gasteiger partial charge on any atom is 0.132 e. The molecule has 1 aromatic carbocycles. The molecule has 0 aromatic heterocycles. The van der Waals surface area contributed by atoms with Crippen molar-refractivity contribution in [2.45, 2.75) is 24.7 Å². The number of nitriles is 1. The molecule has 1 aliphatic rings. The Morgan fingerprint density at radius 3 is 2.13 bits per heavy atom. The first-order valence-electron chi connectivity index (χ1n) is 4.65. The van der Waals surface area contributed by atoms with Crippen molar-refractivity contribution in [2.24, 2.45) is 0 Å². The van der Waals surface area contributed by atoms with Gasteiger partial charge in [-0.15, -0.1) is 0 Å². The zero-order chi connectivity index (χ0) is 11.1. The molecule has 1 fully saturated rings. The quantitative estimate of drug-likeness (QED) is 0.765. The molecular formula is C11H8BrF2N. The van der Waals surface area contributed by atoms with Crippen LogP contribution in [0, 0.1) is 23.0 Å². The van der Waals surface area contributed by atoms with Gasteiger partial charge in [0.1, 0.15) is 11.6 Å². The lowest BCUT2D eigenvalue weighted by Gasteiger charge is -2.35. The fourth-order valence-corrected chi connectivity index (χ4v) is 2.35. The first kappa shape index (κ1) is 10.6. The smallest absolute Gasteiger partial charge is 0.132 e. The fourth-order valence-electron chi connectivity index (χ4n) is 1.95. The van der Waals surface area contributed by atoms with Crippen molar-refractivity contribution in [2.75, 3.05) is 0 Å². The van der Waals surface area contributed by atoms with Gasteiger partial charge in [-0.1, -0.05) is 15.9 Å². The molecule has 1 saturated carbocycles. The van der Waals surface area contributed by atoms with E-state index in [1.54, 1.807) is 0 Å². The number of hydrogen-bond acceptors (Lipinski definition) is 1. The van der Waals surface area contributed by atoms with E-state index < -0.39 is 17.0 Å². The Morgan fingerprint density at radius 1 is 1.27 bits per heavy atom. The van der Waals surface area contributed by atoms with E-state index in [2.05, 4.69) is 15.9 Å². The first-order valence-corrected chi connectivity index (χ1v) is 5.45. The normalized spacial score (nSPS) is 18.0. The lowest BCUT2D eigenvalue weighted by Crippen LogP contribution is -2.34. The molecule has 0 bridgehead atoms. The summed E-state index contributed by atoms with van der Waals surface area (Å²) >= 11 is 3.01. The maximum atomic E-state index is 13.6. The minimum absolute atomic E-state index is 0.0700. The van der Waals surface area contributed by atoms with Crippen LogP contribution in [0.3, 0.4) is 0 Å². The van der Waals surface area contributed by atoms with Crippen LogP contribution in [0.1, 0.15) is 24.8 Å². The lowest BCUT2D eigenvalue weighted by molar-refractivity contribution is 0.301. The van der Waals surface area contributed by atoms with Gasteiger partial charge in [0.2, 0.25) is 0 Å². The van der Waals surface area contributed by atoms with Gasteiger partial charge in [-0.3, -0.25) is 0 Å². The third kappa shape index (κ3) is 1.55. The summed E-state index contributed by atoms with van der Waals surface area (Å²) in [6.45, 7) is 0. The monoisotopic (exact) mass is 271 g/mol. The van der Waals surface area contributed by atoms with Gasteiger partial charge in [0.25, 0.3) is 0 Å². The molecule has 0 atom stereocenters. The van der Waals surface area contributed by atoms with Gasteiger partial charge in [-0.25, -0.2) is 8.78 Å². The Hall–Kier alpha value is -0.950. The highest BCUT2D eigenvalue weighted by molar-refractivity contribution is 9.10. The summed E-state index contributed by atoms with van der Waals surface area (Å²) in [5.41, 5.74) is -1.01. The molecule has 4 heteroatoms. The predicted octanol–water partition coefficient (Wildman–Crippen LogP) is 3.67. The summed E-state index contributed by atoms with van der Waals surface area (Å²) in [5.74, 6) is -1.27. The van der Waals surface area contributed by atoms with Crippen LogP contribution in [0.4, 0.5) is 8.78 Å². The highest BCUT2D eigenvalue weighted by atomic mass is 79.9. The average molecular weight is 272 g/mol. The molecule has 0 spiro atoms. The Balaban J connectivity index is 2.58. The second-order valence-electron chi connectivity index (χ2n) is 3.79. The van der Waals surface area contributed by atoms with Crippen LogP contribution in [0.15, 0.2) is 16.6 Å². The fraction of sp³-hybridized carbons (Fsp3) is 0.364. The molecule has 78 valence electrons. The summed E-state index contributed by atoms with van der Waals surface area (Å²) in [7, 11) is 0. The number of halogens is 3. The first-order chi connectivity index (χ1) is 7.09. The number of rotatable bonds is 1. The molecule has 1 aliphatic carbocycles. The van der Waals surface area contributed by atoms with Crippen molar-refractivity contribution < 1.29 is 8.78 Å². The van der Waals surface area contributed by atoms with Gasteiger partial charge in [0.15, 0.2) is 0 Å². The zero-order valence-electron chi connectivity index (χ0n) is 7.86. The topological polar surface area (TPSA) is 23.8 Å². The highest BCUT2D eigenvalue weighted by Gasteiger charge is 2.43. The summed E-state index contributed by atoms with van der Waals surface area (Å²) in [5, 5.41) is 9.01. The predicted molar refractivity (Wildman–Crippen MR) is 55.2 cm³/mol. The Labute approximate surface area is 94.8 Å². The highest BCUT2D eigenvalue weighted by Crippen LogP contribution is 2.45. The second-order valence-corrected chi connectivity index (χ2v) is 4.71. The van der Waals surface area contributed by atoms with Crippen molar-refractivity contribution in [3.63, 3.8) is 0 Å². The molecule has 15 heavy (non-hydrogen) atoms. The van der Waals surface area contributed by atoms with Crippen molar-refractivity contribution >= 4 is 15.9 Å². The van der Waals surface area contributed by atoms with E-state index in [1.807, 2.05) is 6.07 Å². The summed E-state index contributed by atoms with van der Waals surface area (Å²) < 4.78 is 27.5. The summed E-state index contributed by atoms with van der Waals surface area (Å²) in [6, 6.07) is 4.45. The molecule has 2 rings (SSSR count). The standard InChI is InChI=1S/C11H8BrF2N/c12-7-4-8(13)10(9(14)5-7)11(6-15)2-1-3-11/h4-5H,1-3H2. The number of hydrogen-bond donors (Lipinski definition) is 0. The largest absolute Gasteiger partial charge is 0.206 e. The van der Waals surface area contributed by atoms with Crippen molar-refractivity contribution in [3.05, 3.63) is 33.8 Å². The Kier molecular flexibility index (Phi) is 2.51. The molecule has 0 heterocycles. The minimum atomic E-state index is -0.936. The minimum Gasteiger partial charge on any atom is -0.206 e. The molecule has 0 unspecified atom stereocenters. The van der Waals surface area contributed by atoms with E-state index in [1.165, 1.54) is 12.1 Å². The van der Waals surface area contributed by atoms with Gasteiger partial charge in [0, 0.05) is 10.0 Å². The number of benzene rings is 1. The Morgan fingerprint density at radius 2 is 1.80 bits per heavy atom. The van der Waals surface area contributed by atoms with Crippen LogP contribution in [0.5, 0.6) is 0 Å². The molecule has 0 saturated heterocycles. The van der Waals surface area contributed by atoms with Gasteiger partial charge >= 0.3 is 0 Å². The molecule has 0 amide bonds. The van der Waals surface area contributed by atoms with E-state index in [4.69, 9.17) is 5.26 Å². The average Bonchev–Trinajstić information content (AvgIpc) is 2.07. The van der Waals surface area contributed by atoms with Crippen LogP contribution >= 0.6 is 15.9 Å². The van der Waals surface area contributed by atoms with Crippen molar-refractivity contribution in [3.8, 4) is 6.07 Å². The summed E-state index contributed by atoms with van der Waals surface area (Å²) in [4.78, 5) is 0. The molecule has 1 aromatic rings. The molecule has 0 N–H and O–H groups in total. The van der Waals surface area contributed by atoms with E-state index in [0.29, 0.717) is 17.3 Å². The maximum absolute atomic E-state index is 13.6. The zero-order valence-corrected chi connectivity index (χ0v) is 9.44. The molecule has 0 radical (unpaired) electrons. The van der Waals surface area contributed by atoms with Gasteiger partial charge < -0.3 is 0 Å². The van der Waals surface area contributed by atoms with Gasteiger partial charge in [0.05, 0.1) is 11.5 Å². The third-order valence-electron chi connectivity index (χ3n) is 2.91. The second kappa shape index (κ2) is 3.57. The van der Waals surface area contributed by atoms with E-state index >= 15 is 0 Å². The van der Waals surface area contributed by atoms with Gasteiger partial charge in [-0.2, -0.15) is 5.26 Å². The summed E-state index contributed by atoms with van der Waals surface area (Å²) in [6.07, 6.45) is 1.93. The molecule has 0 aliphatic heterocycles. The third-order valence-corrected chi connectivity index (χ3v) is 3.36. The van der Waals surface area contributed by atoms with Crippen LogP contribution in [-0.4, -0.2) is 0 Å². The van der Waals surface area contributed by atoms with Crippen molar-refractivity contribution in [1.29, 1.82) is 5.26 Å². The van der Waals surface area contributed by atoms with E-state index in [0.717, 1.165) is 6.42 Å².